The monoisotopic (exact) mass is 515 g/mol. The molecular formula is C28H39F2N3O2Si. The average molecular weight is 516 g/mol. The van der Waals surface area contributed by atoms with E-state index < -0.39 is 25.9 Å². The molecule has 0 aliphatic heterocycles. The zero-order valence-electron chi connectivity index (χ0n) is 22.6. The van der Waals surface area contributed by atoms with Crippen molar-refractivity contribution in [2.24, 2.45) is 0 Å². The van der Waals surface area contributed by atoms with Gasteiger partial charge in [-0.25, -0.2) is 13.8 Å². The standard InChI is InChI=1S/C28H39F2N3O2Si/c1-8-10-21-19(18-35-36(6,7)28(3,4)5)11-14-24-26(21)32-25(31-24)17-33(15-9-2)27(34)22-16-20(29)12-13-23(22)30/h11-14,16H,8-10,15,17-18H2,1-7H3,(H,31,32). The van der Waals surface area contributed by atoms with E-state index in [2.05, 4.69) is 51.8 Å². The number of nitrogens with zero attached hydrogens (tertiary/aromatic N) is 2. The van der Waals surface area contributed by atoms with Crippen molar-refractivity contribution in [3.05, 3.63) is 64.5 Å². The molecular weight excluding hydrogens is 476 g/mol. The summed E-state index contributed by atoms with van der Waals surface area (Å²) in [6.07, 6.45) is 2.51. The van der Waals surface area contributed by atoms with Crippen molar-refractivity contribution >= 4 is 25.3 Å². The highest BCUT2D eigenvalue weighted by molar-refractivity contribution is 6.74. The molecule has 0 aliphatic rings. The lowest BCUT2D eigenvalue weighted by molar-refractivity contribution is 0.0734. The van der Waals surface area contributed by atoms with Gasteiger partial charge in [-0.2, -0.15) is 0 Å². The van der Waals surface area contributed by atoms with Crippen LogP contribution in [-0.2, 0) is 24.0 Å². The third-order valence-electron chi connectivity index (χ3n) is 7.08. The van der Waals surface area contributed by atoms with E-state index in [0.717, 1.165) is 53.2 Å². The van der Waals surface area contributed by atoms with Gasteiger partial charge in [-0.3, -0.25) is 4.79 Å². The van der Waals surface area contributed by atoms with Gasteiger partial charge in [0.1, 0.15) is 17.5 Å². The summed E-state index contributed by atoms with van der Waals surface area (Å²) >= 11 is 0. The van der Waals surface area contributed by atoms with E-state index in [1.807, 2.05) is 13.0 Å². The number of aromatic nitrogens is 2. The highest BCUT2D eigenvalue weighted by Crippen LogP contribution is 2.37. The first-order chi connectivity index (χ1) is 16.9. The topological polar surface area (TPSA) is 58.2 Å². The van der Waals surface area contributed by atoms with Crippen LogP contribution in [0.2, 0.25) is 18.1 Å². The fraction of sp³-hybridized carbons (Fsp3) is 0.500. The van der Waals surface area contributed by atoms with E-state index in [0.29, 0.717) is 25.4 Å². The number of nitrogens with one attached hydrogen (secondary N) is 1. The summed E-state index contributed by atoms with van der Waals surface area (Å²) in [6, 6.07) is 7.05. The second-order valence-electron chi connectivity index (χ2n) is 10.9. The van der Waals surface area contributed by atoms with Crippen LogP contribution in [0.25, 0.3) is 11.0 Å². The van der Waals surface area contributed by atoms with E-state index >= 15 is 0 Å². The first-order valence-electron chi connectivity index (χ1n) is 12.8. The maximum Gasteiger partial charge on any atom is 0.257 e. The second-order valence-corrected chi connectivity index (χ2v) is 15.7. The van der Waals surface area contributed by atoms with Gasteiger partial charge in [0.25, 0.3) is 5.91 Å². The van der Waals surface area contributed by atoms with Gasteiger partial charge >= 0.3 is 0 Å². The molecule has 1 amide bonds. The highest BCUT2D eigenvalue weighted by Gasteiger charge is 2.37. The first-order valence-corrected chi connectivity index (χ1v) is 15.7. The minimum atomic E-state index is -1.91. The number of hydrogen-bond donors (Lipinski definition) is 1. The van der Waals surface area contributed by atoms with E-state index in [1.165, 1.54) is 4.90 Å². The third kappa shape index (κ3) is 6.21. The predicted molar refractivity (Wildman–Crippen MR) is 143 cm³/mol. The Kier molecular flexibility index (Phi) is 8.72. The van der Waals surface area contributed by atoms with E-state index in [-0.39, 0.29) is 17.1 Å². The minimum Gasteiger partial charge on any atom is -0.413 e. The van der Waals surface area contributed by atoms with Crippen LogP contribution >= 0.6 is 0 Å². The molecule has 2 aromatic carbocycles. The maximum atomic E-state index is 14.3. The number of aromatic amines is 1. The number of rotatable bonds is 10. The Balaban J connectivity index is 1.91. The molecule has 1 N–H and O–H groups in total. The molecule has 196 valence electrons. The SMILES string of the molecule is CCCc1c(CO[Si](C)(C)C(C)(C)C)ccc2[nH]c(CN(CCC)C(=O)c3cc(F)ccc3F)nc12. The zero-order valence-corrected chi connectivity index (χ0v) is 23.6. The van der Waals surface area contributed by atoms with Crippen molar-refractivity contribution in [3.8, 4) is 0 Å². The maximum absolute atomic E-state index is 14.3. The van der Waals surface area contributed by atoms with Crippen molar-refractivity contribution in [1.29, 1.82) is 0 Å². The molecule has 36 heavy (non-hydrogen) atoms. The fourth-order valence-electron chi connectivity index (χ4n) is 3.97. The Hall–Kier alpha value is -2.58. The molecule has 0 fully saturated rings. The molecule has 0 bridgehead atoms. The van der Waals surface area contributed by atoms with Gasteiger partial charge < -0.3 is 14.3 Å². The number of aryl methyl sites for hydroxylation is 1. The summed E-state index contributed by atoms with van der Waals surface area (Å²) in [5.74, 6) is -1.31. The van der Waals surface area contributed by atoms with Crippen LogP contribution in [0.3, 0.4) is 0 Å². The van der Waals surface area contributed by atoms with Crippen LogP contribution in [-0.4, -0.2) is 35.6 Å². The van der Waals surface area contributed by atoms with Gasteiger partial charge in [0.15, 0.2) is 8.32 Å². The van der Waals surface area contributed by atoms with Crippen molar-refractivity contribution in [2.75, 3.05) is 6.54 Å². The van der Waals surface area contributed by atoms with Gasteiger partial charge in [-0.15, -0.1) is 0 Å². The molecule has 0 unspecified atom stereocenters. The Bertz CT molecular complexity index is 1220. The molecule has 1 aromatic heterocycles. The molecule has 0 spiro atoms. The van der Waals surface area contributed by atoms with Gasteiger partial charge in [0.2, 0.25) is 0 Å². The largest absolute Gasteiger partial charge is 0.413 e. The van der Waals surface area contributed by atoms with Gasteiger partial charge in [0, 0.05) is 6.54 Å². The number of hydrogen-bond acceptors (Lipinski definition) is 3. The van der Waals surface area contributed by atoms with Crippen molar-refractivity contribution in [3.63, 3.8) is 0 Å². The summed E-state index contributed by atoms with van der Waals surface area (Å²) in [6.45, 7) is 16.4. The summed E-state index contributed by atoms with van der Waals surface area (Å²) in [7, 11) is -1.91. The highest BCUT2D eigenvalue weighted by atomic mass is 28.4. The lowest BCUT2D eigenvalue weighted by atomic mass is 10.0. The van der Waals surface area contributed by atoms with Crippen LogP contribution < -0.4 is 0 Å². The predicted octanol–water partition coefficient (Wildman–Crippen LogP) is 7.37. The Morgan fingerprint density at radius 2 is 1.83 bits per heavy atom. The number of H-pyrrole nitrogens is 1. The van der Waals surface area contributed by atoms with Crippen LogP contribution in [0.5, 0.6) is 0 Å². The lowest BCUT2D eigenvalue weighted by Gasteiger charge is -2.36. The molecule has 3 aromatic rings. The molecule has 5 nitrogen and oxygen atoms in total. The van der Waals surface area contributed by atoms with Crippen molar-refractivity contribution in [1.82, 2.24) is 14.9 Å². The number of halogens is 2. The van der Waals surface area contributed by atoms with Crippen LogP contribution in [0.15, 0.2) is 30.3 Å². The van der Waals surface area contributed by atoms with E-state index in [9.17, 15) is 13.6 Å². The van der Waals surface area contributed by atoms with Crippen molar-refractivity contribution in [2.45, 2.75) is 85.2 Å². The van der Waals surface area contributed by atoms with Gasteiger partial charge in [-0.05, 0) is 66.4 Å². The smallest absolute Gasteiger partial charge is 0.257 e. The molecule has 0 aliphatic carbocycles. The van der Waals surface area contributed by atoms with Crippen LogP contribution in [0.4, 0.5) is 8.78 Å². The lowest BCUT2D eigenvalue weighted by Crippen LogP contribution is -2.40. The Labute approximate surface area is 214 Å². The number of carbonyl (C=O) groups is 1. The summed E-state index contributed by atoms with van der Waals surface area (Å²) in [4.78, 5) is 22.8. The molecule has 1 heterocycles. The summed E-state index contributed by atoms with van der Waals surface area (Å²) < 4.78 is 34.5. The molecule has 3 rings (SSSR count). The fourth-order valence-corrected chi connectivity index (χ4v) is 4.92. The Morgan fingerprint density at radius 3 is 2.47 bits per heavy atom. The summed E-state index contributed by atoms with van der Waals surface area (Å²) in [5.41, 5.74) is 3.79. The van der Waals surface area contributed by atoms with Crippen molar-refractivity contribution < 1.29 is 18.0 Å². The van der Waals surface area contributed by atoms with E-state index in [4.69, 9.17) is 9.41 Å². The molecule has 0 atom stereocenters. The van der Waals surface area contributed by atoms with E-state index in [1.54, 1.807) is 0 Å². The third-order valence-corrected chi connectivity index (χ3v) is 11.6. The Morgan fingerprint density at radius 1 is 1.11 bits per heavy atom. The molecule has 0 radical (unpaired) electrons. The van der Waals surface area contributed by atoms with Gasteiger partial charge in [-0.1, -0.05) is 47.1 Å². The minimum absolute atomic E-state index is 0.123. The molecule has 0 saturated carbocycles. The van der Waals surface area contributed by atoms with Crippen LogP contribution in [0.1, 0.15) is 74.8 Å². The number of benzene rings is 2. The normalized spacial score (nSPS) is 12.4. The second kappa shape index (κ2) is 11.2. The quantitative estimate of drug-likeness (QED) is 0.287. The first kappa shape index (κ1) is 28.0. The number of amides is 1. The number of imidazole rings is 1. The summed E-state index contributed by atoms with van der Waals surface area (Å²) in [5, 5.41) is 0.123. The molecule has 8 heteroatoms. The number of fused-ring (bicyclic) bond motifs is 1. The zero-order chi connectivity index (χ0) is 26.7. The van der Waals surface area contributed by atoms with Gasteiger partial charge in [0.05, 0.1) is 29.7 Å². The number of carbonyl (C=O) groups excluding carboxylic acids is 1. The van der Waals surface area contributed by atoms with Crippen LogP contribution in [0, 0.1) is 11.6 Å². The average Bonchev–Trinajstić information content (AvgIpc) is 3.21. The molecule has 0 saturated heterocycles.